The lowest BCUT2D eigenvalue weighted by atomic mass is 9.49. The summed E-state index contributed by atoms with van der Waals surface area (Å²) in [6.45, 7) is 28.2. The Morgan fingerprint density at radius 2 is 0.863 bits per heavy atom. The molecular formula is C37H58B3IO10. The third-order valence-corrected chi connectivity index (χ3v) is 11.7. The van der Waals surface area contributed by atoms with Gasteiger partial charge in [0.25, 0.3) is 0 Å². The summed E-state index contributed by atoms with van der Waals surface area (Å²) in [6, 6.07) is 10.9. The zero-order chi connectivity index (χ0) is 38.3. The maximum Gasteiger partial charge on any atom is 0.495 e. The molecule has 0 unspecified atom stereocenters. The lowest BCUT2D eigenvalue weighted by Crippen LogP contribution is -2.41. The monoisotopic (exact) mass is 822 g/mol. The number of esters is 2. The summed E-state index contributed by atoms with van der Waals surface area (Å²) in [5.41, 5.74) is 1.93. The molecule has 2 aromatic carbocycles. The molecule has 3 aliphatic rings. The lowest BCUT2D eigenvalue weighted by Gasteiger charge is -2.32. The van der Waals surface area contributed by atoms with E-state index in [0.29, 0.717) is 11.1 Å². The predicted molar refractivity (Wildman–Crippen MR) is 212 cm³/mol. The second-order valence-electron chi connectivity index (χ2n) is 15.9. The van der Waals surface area contributed by atoms with Gasteiger partial charge >= 0.3 is 33.1 Å². The summed E-state index contributed by atoms with van der Waals surface area (Å²) in [4.78, 5) is 22.7. The molecule has 0 aromatic heterocycles. The van der Waals surface area contributed by atoms with Crippen LogP contribution in [0.15, 0.2) is 36.4 Å². The minimum Gasteiger partial charge on any atom is -0.465 e. The van der Waals surface area contributed by atoms with Gasteiger partial charge in [0.2, 0.25) is 0 Å². The van der Waals surface area contributed by atoms with Crippen molar-refractivity contribution in [3.8, 4) is 0 Å². The summed E-state index contributed by atoms with van der Waals surface area (Å²) < 4.78 is 46.3. The van der Waals surface area contributed by atoms with Crippen LogP contribution in [0, 0.1) is 17.4 Å². The topological polar surface area (TPSA) is 108 Å². The summed E-state index contributed by atoms with van der Waals surface area (Å²) >= 11 is 2.19. The van der Waals surface area contributed by atoms with Crippen molar-refractivity contribution < 1.29 is 47.0 Å². The number of methoxy groups -OCH3 is 2. The van der Waals surface area contributed by atoms with Crippen LogP contribution < -0.4 is 5.46 Å². The fraction of sp³-hybridized carbons (Fsp3) is 0.622. The number of aryl methyl sites for hydroxylation is 2. The molecule has 0 amide bonds. The molecule has 51 heavy (non-hydrogen) atoms. The minimum absolute atomic E-state index is 0. The van der Waals surface area contributed by atoms with Gasteiger partial charge in [-0.2, -0.15) is 0 Å². The highest BCUT2D eigenvalue weighted by Gasteiger charge is 2.63. The Balaban J connectivity index is 0.000000271. The molecule has 282 valence electrons. The van der Waals surface area contributed by atoms with E-state index in [0.717, 1.165) is 14.6 Å². The fourth-order valence-corrected chi connectivity index (χ4v) is 5.46. The van der Waals surface area contributed by atoms with E-state index in [2.05, 4.69) is 27.3 Å². The van der Waals surface area contributed by atoms with E-state index in [4.69, 9.17) is 32.7 Å². The van der Waals surface area contributed by atoms with Gasteiger partial charge in [0.15, 0.2) is 0 Å². The van der Waals surface area contributed by atoms with Crippen LogP contribution in [0.5, 0.6) is 0 Å². The highest BCUT2D eigenvalue weighted by molar-refractivity contribution is 14.1. The van der Waals surface area contributed by atoms with E-state index in [9.17, 15) is 9.59 Å². The van der Waals surface area contributed by atoms with Gasteiger partial charge in [0, 0.05) is 3.57 Å². The Kier molecular flexibility index (Phi) is 14.4. The van der Waals surface area contributed by atoms with Crippen LogP contribution in [-0.2, 0) is 37.4 Å². The maximum absolute atomic E-state index is 11.6. The van der Waals surface area contributed by atoms with Crippen LogP contribution in [-0.4, -0.2) is 80.9 Å². The van der Waals surface area contributed by atoms with Crippen LogP contribution in [0.2, 0.25) is 0 Å². The third kappa shape index (κ3) is 9.99. The highest BCUT2D eigenvalue weighted by atomic mass is 127. The van der Waals surface area contributed by atoms with Crippen molar-refractivity contribution in [2.45, 2.75) is 138 Å². The van der Waals surface area contributed by atoms with E-state index < -0.39 is 32.3 Å². The first-order chi connectivity index (χ1) is 22.7. The van der Waals surface area contributed by atoms with Gasteiger partial charge in [-0.3, -0.25) is 0 Å². The van der Waals surface area contributed by atoms with Crippen LogP contribution in [0.25, 0.3) is 0 Å². The van der Waals surface area contributed by atoms with E-state index in [-0.39, 0.29) is 41.8 Å². The van der Waals surface area contributed by atoms with Gasteiger partial charge in [-0.25, -0.2) is 9.59 Å². The lowest BCUT2D eigenvalue weighted by molar-refractivity contribution is 0.00578. The Bertz CT molecular complexity index is 1470. The molecule has 0 aliphatic carbocycles. The number of halogens is 1. The summed E-state index contributed by atoms with van der Waals surface area (Å²) in [5.74, 6) is -0.643. The van der Waals surface area contributed by atoms with Gasteiger partial charge in [-0.1, -0.05) is 25.1 Å². The normalized spacial score (nSPS) is 21.4. The van der Waals surface area contributed by atoms with E-state index in [1.807, 2.05) is 115 Å². The van der Waals surface area contributed by atoms with E-state index >= 15 is 0 Å². The first-order valence-electron chi connectivity index (χ1n) is 16.8. The van der Waals surface area contributed by atoms with Gasteiger partial charge < -0.3 is 37.4 Å². The quantitative estimate of drug-likeness (QED) is 0.177. The summed E-state index contributed by atoms with van der Waals surface area (Å²) in [5, 5.41) is 0. The maximum atomic E-state index is 11.6. The Morgan fingerprint density at radius 3 is 1.20 bits per heavy atom. The second-order valence-corrected chi connectivity index (χ2v) is 17.0. The smallest absolute Gasteiger partial charge is 0.465 e. The average molecular weight is 822 g/mol. The molecular weight excluding hydrogens is 764 g/mol. The zero-order valence-electron chi connectivity index (χ0n) is 32.7. The number of carbonyl (C=O) groups excluding carboxylic acids is 2. The van der Waals surface area contributed by atoms with Crippen molar-refractivity contribution in [2.24, 2.45) is 0 Å². The first kappa shape index (κ1) is 45.2. The van der Waals surface area contributed by atoms with Crippen molar-refractivity contribution >= 4 is 61.1 Å². The van der Waals surface area contributed by atoms with E-state index in [1.54, 1.807) is 18.2 Å². The zero-order valence-corrected chi connectivity index (χ0v) is 34.8. The van der Waals surface area contributed by atoms with Gasteiger partial charge in [0.05, 0.1) is 59.0 Å². The molecule has 3 aliphatic heterocycles. The van der Waals surface area contributed by atoms with Crippen molar-refractivity contribution in [2.75, 3.05) is 14.2 Å². The molecule has 14 heteroatoms. The van der Waals surface area contributed by atoms with Crippen molar-refractivity contribution in [1.82, 2.24) is 0 Å². The molecule has 10 nitrogen and oxygen atoms in total. The Labute approximate surface area is 321 Å². The standard InChI is InChI=1S/C15H21BO4.C12H24B2O4.C9H9IO2.CH4/c1-10-7-8-11(13(17)18-6)9-12(10)16-19-14(2,3)15(4,5)20-16;1-9(2)10(3,4)16-13(15-9)14-17-11(5,6)12(7,8)18-14;1-6-3-4-7(5-8(6)10)9(11)12-2;/h7-9H,1-6H3;1-8H3;3-5H,1-2H3;1H4. The summed E-state index contributed by atoms with van der Waals surface area (Å²) in [6.07, 6.45) is 0. The fourth-order valence-electron chi connectivity index (χ4n) is 4.95. The molecule has 0 atom stereocenters. The van der Waals surface area contributed by atoms with Crippen molar-refractivity contribution in [3.05, 3.63) is 62.2 Å². The number of hydrogen-bond acceptors (Lipinski definition) is 10. The van der Waals surface area contributed by atoms with Gasteiger partial charge in [-0.15, -0.1) is 0 Å². The Morgan fingerprint density at radius 1 is 0.549 bits per heavy atom. The largest absolute Gasteiger partial charge is 0.495 e. The number of carbonyl (C=O) groups is 2. The van der Waals surface area contributed by atoms with Crippen LogP contribution in [0.1, 0.15) is 122 Å². The Hall–Kier alpha value is -1.94. The van der Waals surface area contributed by atoms with Crippen LogP contribution >= 0.6 is 22.6 Å². The molecule has 0 saturated carbocycles. The van der Waals surface area contributed by atoms with Crippen molar-refractivity contribution in [1.29, 1.82) is 0 Å². The predicted octanol–water partition coefficient (Wildman–Crippen LogP) is 7.35. The minimum atomic E-state index is -0.476. The first-order valence-corrected chi connectivity index (χ1v) is 17.9. The van der Waals surface area contributed by atoms with Crippen LogP contribution in [0.4, 0.5) is 0 Å². The molecule has 3 saturated heterocycles. The summed E-state index contributed by atoms with van der Waals surface area (Å²) in [7, 11) is 1.34. The number of benzene rings is 2. The van der Waals surface area contributed by atoms with Gasteiger partial charge in [-0.05, 0) is 155 Å². The molecule has 2 aromatic rings. The molecule has 0 radical (unpaired) electrons. The number of rotatable bonds is 4. The molecule has 3 fully saturated rings. The highest BCUT2D eigenvalue weighted by Crippen LogP contribution is 2.43. The number of ether oxygens (including phenoxy) is 2. The van der Waals surface area contributed by atoms with Gasteiger partial charge in [0.1, 0.15) is 0 Å². The molecule has 3 heterocycles. The average Bonchev–Trinajstić information content (AvgIpc) is 3.47. The third-order valence-electron chi connectivity index (χ3n) is 10.6. The molecule has 0 N–H and O–H groups in total. The van der Waals surface area contributed by atoms with E-state index in [1.165, 1.54) is 19.8 Å². The molecule has 0 spiro atoms. The SMILES string of the molecule is C.CC1(C)OB(B2OC(C)(C)C(C)(C)O2)OC1(C)C.COC(=O)c1ccc(C)c(B2OC(C)(C)C(C)(C)O2)c1.COC(=O)c1ccc(C)c(I)c1. The number of hydrogen-bond donors (Lipinski definition) is 0. The molecule has 5 rings (SSSR count). The van der Waals surface area contributed by atoms with Crippen LogP contribution in [0.3, 0.4) is 0 Å². The van der Waals surface area contributed by atoms with Crippen molar-refractivity contribution in [3.63, 3.8) is 0 Å². The second kappa shape index (κ2) is 16.2. The molecule has 0 bridgehead atoms.